The van der Waals surface area contributed by atoms with Crippen LogP contribution in [0.2, 0.25) is 0 Å². The van der Waals surface area contributed by atoms with Gasteiger partial charge in [0.05, 0.1) is 281 Å². The zero-order valence-corrected chi connectivity index (χ0v) is 43.4. The molecule has 0 aromatic carbocycles. The number of methoxy groups -OCH3 is 2. The summed E-state index contributed by atoms with van der Waals surface area (Å²) < 4.78 is 163. The van der Waals surface area contributed by atoms with Crippen molar-refractivity contribution in [1.29, 1.82) is 15.7 Å². The van der Waals surface area contributed by atoms with Gasteiger partial charge in [0.15, 0.2) is 0 Å². The summed E-state index contributed by atoms with van der Waals surface area (Å²) in [5.74, 6) is 0. The van der Waals surface area contributed by atoms with Crippen LogP contribution in [0.1, 0.15) is 0 Å². The standard InChI is InChI=1S/C22H46O13.C14H30O8.C10H22O6/c23-1-7-29-13-21(14-30-8-2-24,15-31-9-3-25)19-35-20-22(16-32-10-4-26,17-33-11-5-27)18-34-12-6-28;1-18-8-9-22-13-14(10-19-5-2-15,11-20-6-3-16)12-21-7-4-17;1-13-6-7-15-9-10(16-5-3-12)8-14-4-2-11/h23-28H,1-20H2;15-17H,2-13H2,1H3;10-12H,2-9H2,1H3/i23T,24T,25T,26T,27T,28T;15T,16T,17T;11T,12T. The second-order valence-electron chi connectivity index (χ2n) is 15.9. The average molecular weight is 1110 g/mol. The van der Waals surface area contributed by atoms with Crippen molar-refractivity contribution in [3.05, 3.63) is 0 Å². The minimum Gasteiger partial charge on any atom is -0.394 e. The van der Waals surface area contributed by atoms with Crippen LogP contribution in [-0.4, -0.2) is 357 Å². The first-order valence-corrected chi connectivity index (χ1v) is 24.2. The fourth-order valence-electron chi connectivity index (χ4n) is 5.78. The number of hydrogen-bond acceptors (Lipinski definition) is 27. The Morgan fingerprint density at radius 3 is 0.726 bits per heavy atom. The Morgan fingerprint density at radius 1 is 0.260 bits per heavy atom. The van der Waals surface area contributed by atoms with E-state index in [-0.39, 0.29) is 211 Å². The summed E-state index contributed by atoms with van der Waals surface area (Å²) in [6.45, 7) is 8.01. The molecular formula is C46H98O27. The summed E-state index contributed by atoms with van der Waals surface area (Å²) in [4.78, 5) is 0. The summed E-state index contributed by atoms with van der Waals surface area (Å²) >= 11 is 0. The zero-order chi connectivity index (χ0) is 62.5. The number of hydrogen-bond donors (Lipinski definition) is 11. The lowest BCUT2D eigenvalue weighted by molar-refractivity contribution is -0.147. The van der Waals surface area contributed by atoms with Crippen molar-refractivity contribution in [2.45, 2.75) is 6.10 Å². The predicted octanol–water partition coefficient (Wildman–Crippen LogP) is -5.27. The zero-order valence-electron chi connectivity index (χ0n) is 54.4. The largest absolute Gasteiger partial charge is 0.394 e. The first kappa shape index (κ1) is 56.6. The van der Waals surface area contributed by atoms with E-state index in [0.717, 1.165) is 0 Å². The summed E-state index contributed by atoms with van der Waals surface area (Å²) in [6, 6.07) is 0. The number of ether oxygens (including phenoxy) is 16. The Morgan fingerprint density at radius 2 is 0.466 bits per heavy atom. The lowest BCUT2D eigenvalue weighted by Crippen LogP contribution is -2.46. The Balaban J connectivity index is -0.00000129. The van der Waals surface area contributed by atoms with E-state index in [1.807, 2.05) is 0 Å². The fraction of sp³-hybridized carbons (Fsp3) is 1.00. The summed E-state index contributed by atoms with van der Waals surface area (Å²) in [5, 5.41) is 46.9. The molecule has 27 heteroatoms. The normalized spacial score (nSPS) is 14.4. The Labute approximate surface area is 448 Å². The molecule has 73 heavy (non-hydrogen) atoms. The molecule has 0 saturated carbocycles. The highest BCUT2D eigenvalue weighted by Gasteiger charge is 2.37. The van der Waals surface area contributed by atoms with Gasteiger partial charge >= 0.3 is 0 Å². The molecule has 0 heterocycles. The Kier molecular flexibility index (Phi) is 46.7. The van der Waals surface area contributed by atoms with Gasteiger partial charge in [0.2, 0.25) is 15.7 Å². The van der Waals surface area contributed by atoms with Crippen LogP contribution in [0.5, 0.6) is 0 Å². The van der Waals surface area contributed by atoms with Crippen molar-refractivity contribution in [2.24, 2.45) is 16.2 Å². The minimum absolute atomic E-state index is 0.0548. The molecule has 0 aliphatic carbocycles. The Bertz CT molecular complexity index is 1080. The number of aliphatic hydroxyl groups excluding tert-OH is 11. The van der Waals surface area contributed by atoms with Crippen LogP contribution >= 0.6 is 0 Å². The van der Waals surface area contributed by atoms with E-state index in [1.54, 1.807) is 14.2 Å². The Hall–Kier alpha value is -1.08. The van der Waals surface area contributed by atoms with E-state index in [9.17, 15) is 0 Å². The third-order valence-electron chi connectivity index (χ3n) is 9.08. The van der Waals surface area contributed by atoms with E-state index in [0.29, 0.717) is 59.5 Å². The molecule has 0 rings (SSSR count). The third-order valence-corrected chi connectivity index (χ3v) is 9.08. The van der Waals surface area contributed by atoms with Crippen LogP contribution in [0.25, 0.3) is 0 Å². The highest BCUT2D eigenvalue weighted by atomic mass is 16.6. The molecule has 1 atom stereocenters. The van der Waals surface area contributed by atoms with E-state index >= 15 is 0 Å². The molecule has 0 aromatic heterocycles. The summed E-state index contributed by atoms with van der Waals surface area (Å²) in [6.07, 6.45) is -0.234. The summed E-state index contributed by atoms with van der Waals surface area (Å²) in [5.41, 5.74) is -2.30. The molecule has 0 amide bonds. The lowest BCUT2D eigenvalue weighted by atomic mass is 9.90. The van der Waals surface area contributed by atoms with E-state index in [2.05, 4.69) is 56.2 Å². The summed E-state index contributed by atoms with van der Waals surface area (Å²) in [7, 11) is 3.20. The van der Waals surface area contributed by atoms with Crippen molar-refractivity contribution in [2.75, 3.05) is 278 Å². The van der Waals surface area contributed by atoms with Crippen molar-refractivity contribution in [3.8, 4) is 0 Å². The van der Waals surface area contributed by atoms with Crippen LogP contribution < -0.4 is 0 Å². The SMILES string of the molecule is [3H]OCCOCC(COCCOC)OCCO[3H].[3H]OCCOCC(COCCO[3H])(COCCO[3H])COCC(COCCO[3H])(COCCO[3H])COCCO[3H].[3H]OCCOCC(COCCO[3H])(COCCO[3H])COCCOC. The maximum absolute atomic E-state index is 6.87. The average Bonchev–Trinajstić information content (AvgIpc) is 3.59. The lowest BCUT2D eigenvalue weighted by Gasteiger charge is -2.36. The molecule has 0 saturated heterocycles. The van der Waals surface area contributed by atoms with Crippen LogP contribution in [-0.2, 0) is 75.8 Å². The van der Waals surface area contributed by atoms with E-state index < -0.39 is 16.2 Å². The highest BCUT2D eigenvalue weighted by molar-refractivity contribution is 4.84. The number of aliphatic hydroxyl groups is 11. The molecule has 0 radical (unpaired) electrons. The molecule has 0 fully saturated rings. The molecule has 0 aromatic rings. The first-order valence-electron chi connectivity index (χ1n) is 28.6. The van der Waals surface area contributed by atoms with E-state index in [1.165, 1.54) is 0 Å². The smallest absolute Gasteiger partial charge is 0.210 e. The predicted molar refractivity (Wildman–Crippen MR) is 259 cm³/mol. The minimum atomic E-state index is -0.850. The van der Waals surface area contributed by atoms with E-state index in [4.69, 9.17) is 91.5 Å². The quantitative estimate of drug-likeness (QED) is 0.0254. The molecule has 0 aliphatic heterocycles. The van der Waals surface area contributed by atoms with Gasteiger partial charge < -0.3 is 132 Å². The second-order valence-corrected chi connectivity index (χ2v) is 15.9. The molecule has 11 N–H and O–H groups in total. The maximum atomic E-state index is 6.87. The third kappa shape index (κ3) is 49.0. The van der Waals surface area contributed by atoms with Gasteiger partial charge in [-0.1, -0.05) is 0 Å². The van der Waals surface area contributed by atoms with Crippen LogP contribution in [0.4, 0.5) is 0 Å². The topological polar surface area (TPSA) is 370 Å². The second kappa shape index (κ2) is 60.2. The van der Waals surface area contributed by atoms with Gasteiger partial charge in [-0.2, -0.15) is 0 Å². The van der Waals surface area contributed by atoms with Crippen molar-refractivity contribution in [1.82, 2.24) is 0 Å². The first-order chi connectivity index (χ1) is 41.2. The van der Waals surface area contributed by atoms with Crippen LogP contribution in [0.3, 0.4) is 0 Å². The van der Waals surface area contributed by atoms with Gasteiger partial charge in [-0.3, -0.25) is 0 Å². The van der Waals surface area contributed by atoms with Crippen molar-refractivity contribution in [3.63, 3.8) is 0 Å². The van der Waals surface area contributed by atoms with Gasteiger partial charge in [0, 0.05) is 14.2 Å². The molecule has 444 valence electrons. The van der Waals surface area contributed by atoms with Crippen LogP contribution in [0, 0.1) is 16.2 Å². The molecule has 0 spiro atoms. The van der Waals surface area contributed by atoms with Gasteiger partial charge in [0.1, 0.15) is 6.10 Å². The highest BCUT2D eigenvalue weighted by Crippen LogP contribution is 2.26. The molecule has 27 nitrogen and oxygen atoms in total. The molecule has 0 bridgehead atoms. The maximum Gasteiger partial charge on any atom is 0.210 e. The molecule has 1 unspecified atom stereocenters. The van der Waals surface area contributed by atoms with Gasteiger partial charge in [-0.05, 0) is 0 Å². The monoisotopic (exact) mass is 1100 g/mol. The van der Waals surface area contributed by atoms with Gasteiger partial charge in [-0.15, -0.1) is 0 Å². The van der Waals surface area contributed by atoms with Gasteiger partial charge in [-0.25, -0.2) is 0 Å². The van der Waals surface area contributed by atoms with Crippen LogP contribution in [0.15, 0.2) is 0 Å². The fourth-order valence-corrected chi connectivity index (χ4v) is 5.78. The molecule has 0 aliphatic rings. The van der Waals surface area contributed by atoms with Gasteiger partial charge in [0.25, 0.3) is 0 Å². The van der Waals surface area contributed by atoms with Crippen molar-refractivity contribution >= 4 is 0 Å². The number of rotatable bonds is 68. The van der Waals surface area contributed by atoms with Crippen molar-refractivity contribution < 1.29 is 132 Å². The molecular weight excluding hydrogens is 984 g/mol.